The quantitative estimate of drug-likeness (QED) is 0.685. The smallest absolute Gasteiger partial charge is 0.339 e. The fraction of sp³-hybridized carbons (Fsp3) is 0.364. The molecule has 20 heavy (non-hydrogen) atoms. The molecule has 0 heterocycles. The first-order valence-electron chi connectivity index (χ1n) is 5.52. The van der Waals surface area contributed by atoms with Gasteiger partial charge in [-0.25, -0.2) is 17.9 Å². The number of carboxylic acids is 1. The average molecular weight is 321 g/mol. The molecule has 112 valence electrons. The summed E-state index contributed by atoms with van der Waals surface area (Å²) in [4.78, 5) is 10.6. The van der Waals surface area contributed by atoms with Gasteiger partial charge in [-0.05, 0) is 25.1 Å². The Labute approximate surface area is 119 Å². The number of carboxylic acid groups (broad SMARTS) is 1. The van der Waals surface area contributed by atoms with Crippen LogP contribution in [0.5, 0.6) is 5.75 Å². The predicted molar refractivity (Wildman–Crippen MR) is 73.8 cm³/mol. The van der Waals surface area contributed by atoms with E-state index in [4.69, 9.17) is 5.11 Å². The molecule has 0 saturated heterocycles. The van der Waals surface area contributed by atoms with E-state index in [0.717, 1.165) is 18.2 Å². The summed E-state index contributed by atoms with van der Waals surface area (Å²) in [6, 6.07) is 2.41. The van der Waals surface area contributed by atoms with Crippen LogP contribution in [0.15, 0.2) is 23.1 Å². The number of phenols is 1. The predicted octanol–water partition coefficient (Wildman–Crippen LogP) is 0.136. The summed E-state index contributed by atoms with van der Waals surface area (Å²) in [6.07, 6.45) is 1.45. The molecular formula is C11H15NO6S2. The summed E-state index contributed by atoms with van der Waals surface area (Å²) in [5.74, 6) is -1.80. The van der Waals surface area contributed by atoms with Crippen LogP contribution in [0, 0.1) is 0 Å². The van der Waals surface area contributed by atoms with Crippen LogP contribution in [0.25, 0.3) is 0 Å². The maximum absolute atomic E-state index is 12.0. The van der Waals surface area contributed by atoms with Crippen LogP contribution in [0.2, 0.25) is 0 Å². The fourth-order valence-corrected chi connectivity index (χ4v) is 3.73. The standard InChI is InChI=1S/C11H15NO6S2/c1-7(6-19(2)16)12-20(17,18)8-3-4-10(13)9(5-8)11(14)15/h3-5,7,12-13H,6H2,1-2H3,(H,14,15). The Morgan fingerprint density at radius 2 is 2.05 bits per heavy atom. The van der Waals surface area contributed by atoms with Gasteiger partial charge in [0.05, 0.1) is 4.90 Å². The van der Waals surface area contributed by atoms with Crippen molar-refractivity contribution in [1.82, 2.24) is 4.72 Å². The van der Waals surface area contributed by atoms with E-state index in [9.17, 15) is 22.5 Å². The first-order chi connectivity index (χ1) is 9.13. The molecule has 0 spiro atoms. The molecule has 2 unspecified atom stereocenters. The Balaban J connectivity index is 3.07. The van der Waals surface area contributed by atoms with Crippen LogP contribution in [0.1, 0.15) is 17.3 Å². The lowest BCUT2D eigenvalue weighted by Gasteiger charge is -2.13. The third kappa shape index (κ3) is 4.29. The van der Waals surface area contributed by atoms with Gasteiger partial charge in [-0.2, -0.15) is 0 Å². The molecule has 0 fully saturated rings. The second-order valence-electron chi connectivity index (χ2n) is 4.25. The van der Waals surface area contributed by atoms with Crippen LogP contribution in [-0.4, -0.2) is 46.9 Å². The summed E-state index contributed by atoms with van der Waals surface area (Å²) in [6.45, 7) is 1.55. The van der Waals surface area contributed by atoms with Crippen LogP contribution in [0.4, 0.5) is 0 Å². The zero-order chi connectivity index (χ0) is 15.5. The van der Waals surface area contributed by atoms with E-state index in [1.165, 1.54) is 6.26 Å². The van der Waals surface area contributed by atoms with Crippen LogP contribution < -0.4 is 4.72 Å². The molecule has 0 bridgehead atoms. The number of aromatic carboxylic acids is 1. The van der Waals surface area contributed by atoms with E-state index in [0.29, 0.717) is 0 Å². The van der Waals surface area contributed by atoms with Crippen molar-refractivity contribution in [1.29, 1.82) is 0 Å². The lowest BCUT2D eigenvalue weighted by Crippen LogP contribution is -2.36. The minimum atomic E-state index is -3.94. The van der Waals surface area contributed by atoms with E-state index in [1.54, 1.807) is 6.92 Å². The molecule has 0 radical (unpaired) electrons. The first-order valence-corrected chi connectivity index (χ1v) is 8.73. The van der Waals surface area contributed by atoms with E-state index < -0.39 is 44.1 Å². The molecule has 0 aliphatic rings. The Hall–Kier alpha value is -1.45. The zero-order valence-electron chi connectivity index (χ0n) is 10.9. The second kappa shape index (κ2) is 6.33. The van der Waals surface area contributed by atoms with Gasteiger partial charge in [0, 0.05) is 28.9 Å². The van der Waals surface area contributed by atoms with E-state index >= 15 is 0 Å². The SMILES string of the molecule is CC(CS(C)=O)NS(=O)(=O)c1ccc(O)c(C(=O)O)c1. The van der Waals surface area contributed by atoms with Gasteiger partial charge < -0.3 is 10.2 Å². The Morgan fingerprint density at radius 3 is 2.55 bits per heavy atom. The molecular weight excluding hydrogens is 306 g/mol. The molecule has 0 aromatic heterocycles. The number of hydrogen-bond donors (Lipinski definition) is 3. The molecule has 1 rings (SSSR count). The second-order valence-corrected chi connectivity index (χ2v) is 7.44. The minimum absolute atomic E-state index is 0.142. The highest BCUT2D eigenvalue weighted by Gasteiger charge is 2.21. The summed E-state index contributed by atoms with van der Waals surface area (Å²) in [5.41, 5.74) is -0.500. The number of nitrogens with one attached hydrogen (secondary N) is 1. The van der Waals surface area contributed by atoms with Gasteiger partial charge in [0.25, 0.3) is 0 Å². The van der Waals surface area contributed by atoms with Gasteiger partial charge in [0.15, 0.2) is 0 Å². The number of sulfonamides is 1. The van der Waals surface area contributed by atoms with Gasteiger partial charge in [-0.1, -0.05) is 0 Å². The molecule has 1 aromatic rings. The van der Waals surface area contributed by atoms with Gasteiger partial charge in [0.2, 0.25) is 10.0 Å². The maximum Gasteiger partial charge on any atom is 0.339 e. The van der Waals surface area contributed by atoms with Crippen molar-refractivity contribution in [2.75, 3.05) is 12.0 Å². The highest BCUT2D eigenvalue weighted by atomic mass is 32.2. The Morgan fingerprint density at radius 1 is 1.45 bits per heavy atom. The van der Waals surface area contributed by atoms with Crippen molar-refractivity contribution >= 4 is 26.8 Å². The van der Waals surface area contributed by atoms with Gasteiger partial charge >= 0.3 is 5.97 Å². The zero-order valence-corrected chi connectivity index (χ0v) is 12.5. The van der Waals surface area contributed by atoms with Gasteiger partial charge in [-0.15, -0.1) is 0 Å². The molecule has 7 nitrogen and oxygen atoms in total. The number of hydrogen-bond acceptors (Lipinski definition) is 5. The molecule has 9 heteroatoms. The molecule has 0 aliphatic carbocycles. The third-order valence-corrected chi connectivity index (χ3v) is 4.91. The summed E-state index contributed by atoms with van der Waals surface area (Å²) in [7, 11) is -5.10. The third-order valence-electron chi connectivity index (χ3n) is 2.35. The van der Waals surface area contributed by atoms with Crippen LogP contribution in [0.3, 0.4) is 0 Å². The largest absolute Gasteiger partial charge is 0.507 e. The lowest BCUT2D eigenvalue weighted by atomic mass is 10.2. The number of benzene rings is 1. The van der Waals surface area contributed by atoms with E-state index in [2.05, 4.69) is 4.72 Å². The van der Waals surface area contributed by atoms with Crippen molar-refractivity contribution in [2.45, 2.75) is 17.9 Å². The Kier molecular flexibility index (Phi) is 5.26. The van der Waals surface area contributed by atoms with Crippen molar-refractivity contribution in [2.24, 2.45) is 0 Å². The van der Waals surface area contributed by atoms with Crippen molar-refractivity contribution in [3.63, 3.8) is 0 Å². The first kappa shape index (κ1) is 16.6. The van der Waals surface area contributed by atoms with Crippen molar-refractivity contribution in [3.8, 4) is 5.75 Å². The Bertz CT molecular complexity index is 640. The highest BCUT2D eigenvalue weighted by Crippen LogP contribution is 2.21. The monoisotopic (exact) mass is 321 g/mol. The van der Waals surface area contributed by atoms with Crippen LogP contribution >= 0.6 is 0 Å². The minimum Gasteiger partial charge on any atom is -0.507 e. The van der Waals surface area contributed by atoms with Gasteiger partial charge in [-0.3, -0.25) is 4.21 Å². The molecule has 0 saturated carbocycles. The molecule has 1 aromatic carbocycles. The summed E-state index contributed by atoms with van der Waals surface area (Å²) in [5, 5.41) is 18.2. The van der Waals surface area contributed by atoms with Gasteiger partial charge in [0.1, 0.15) is 11.3 Å². The number of aromatic hydroxyl groups is 1. The topological polar surface area (TPSA) is 121 Å². The molecule has 0 amide bonds. The molecule has 0 aliphatic heterocycles. The molecule has 2 atom stereocenters. The fourth-order valence-electron chi connectivity index (χ4n) is 1.57. The number of carbonyl (C=O) groups is 1. The summed E-state index contributed by atoms with van der Waals surface area (Å²) < 4.78 is 37.4. The lowest BCUT2D eigenvalue weighted by molar-refractivity contribution is 0.0693. The van der Waals surface area contributed by atoms with Crippen LogP contribution in [-0.2, 0) is 20.8 Å². The number of rotatable bonds is 6. The highest BCUT2D eigenvalue weighted by molar-refractivity contribution is 7.89. The molecule has 3 N–H and O–H groups in total. The maximum atomic E-state index is 12.0. The summed E-state index contributed by atoms with van der Waals surface area (Å²) >= 11 is 0. The average Bonchev–Trinajstić information content (AvgIpc) is 2.26. The van der Waals surface area contributed by atoms with Crippen molar-refractivity contribution < 1.29 is 27.6 Å². The van der Waals surface area contributed by atoms with E-state index in [-0.39, 0.29) is 10.6 Å². The normalized spacial score (nSPS) is 14.7. The van der Waals surface area contributed by atoms with E-state index in [1.807, 2.05) is 0 Å². The van der Waals surface area contributed by atoms with Crippen molar-refractivity contribution in [3.05, 3.63) is 23.8 Å².